The quantitative estimate of drug-likeness (QED) is 0.172. The first kappa shape index (κ1) is 31.2. The smallest absolute Gasteiger partial charge is 0.0542 e. The zero-order valence-corrected chi connectivity index (χ0v) is 31.1. The number of benzene rings is 9. The lowest BCUT2D eigenvalue weighted by atomic mass is 10.1. The molecule has 0 unspecified atom stereocenters. The van der Waals surface area contributed by atoms with Crippen molar-refractivity contribution >= 4 is 96.9 Å². The summed E-state index contributed by atoms with van der Waals surface area (Å²) < 4.78 is 9.81. The summed E-state index contributed by atoms with van der Waals surface area (Å²) in [6, 6.07) is 73.7. The van der Waals surface area contributed by atoms with E-state index in [1.54, 1.807) is 0 Å². The van der Waals surface area contributed by atoms with Gasteiger partial charge in [-0.3, -0.25) is 0 Å². The third-order valence-corrected chi connectivity index (χ3v) is 12.6. The number of thiophene rings is 1. The van der Waals surface area contributed by atoms with Gasteiger partial charge in [0.05, 0.1) is 16.7 Å². The molecule has 0 radical (unpaired) electrons. The van der Waals surface area contributed by atoms with Crippen molar-refractivity contribution in [3.8, 4) is 17.1 Å². The van der Waals surface area contributed by atoms with Gasteiger partial charge in [-0.05, 0) is 119 Å². The van der Waals surface area contributed by atoms with E-state index >= 15 is 0 Å². The highest BCUT2D eigenvalue weighted by Crippen LogP contribution is 2.38. The van der Waals surface area contributed by atoms with Crippen molar-refractivity contribution in [3.05, 3.63) is 200 Å². The fourth-order valence-corrected chi connectivity index (χ4v) is 9.98. The Kier molecular flexibility index (Phi) is 6.80. The third-order valence-electron chi connectivity index (χ3n) is 11.4. The average Bonchev–Trinajstić information content (AvgIpc) is 3.79. The molecule has 0 spiro atoms. The average molecular weight is 732 g/mol. The van der Waals surface area contributed by atoms with Gasteiger partial charge in [-0.2, -0.15) is 0 Å². The van der Waals surface area contributed by atoms with Gasteiger partial charge in [0.2, 0.25) is 0 Å². The van der Waals surface area contributed by atoms with E-state index in [0.29, 0.717) is 0 Å². The molecule has 9 aromatic carbocycles. The van der Waals surface area contributed by atoms with E-state index in [4.69, 9.17) is 0 Å². The van der Waals surface area contributed by atoms with Crippen molar-refractivity contribution in [1.82, 2.24) is 13.7 Å². The summed E-state index contributed by atoms with van der Waals surface area (Å²) in [5.74, 6) is 0. The predicted octanol–water partition coefficient (Wildman–Crippen LogP) is 14.5. The first-order valence-corrected chi connectivity index (χ1v) is 19.9. The summed E-state index contributed by atoms with van der Waals surface area (Å²) in [7, 11) is 0. The summed E-state index contributed by atoms with van der Waals surface area (Å²) >= 11 is 1.86. The maximum Gasteiger partial charge on any atom is 0.0542 e. The minimum absolute atomic E-state index is 1.11. The molecule has 8 bridgehead atoms. The normalized spacial score (nSPS) is 11.9. The van der Waals surface area contributed by atoms with Gasteiger partial charge in [0, 0.05) is 69.8 Å². The van der Waals surface area contributed by atoms with Gasteiger partial charge in [0.15, 0.2) is 0 Å². The van der Waals surface area contributed by atoms with Crippen LogP contribution in [0.4, 0.5) is 0 Å². The van der Waals surface area contributed by atoms with Crippen molar-refractivity contribution in [2.45, 2.75) is 0 Å². The minimum atomic E-state index is 1.11. The highest BCUT2D eigenvalue weighted by molar-refractivity contribution is 7.25. The van der Waals surface area contributed by atoms with Crippen LogP contribution in [0.1, 0.15) is 0 Å². The van der Waals surface area contributed by atoms with E-state index in [1.807, 2.05) is 11.3 Å². The van der Waals surface area contributed by atoms with Crippen LogP contribution >= 0.6 is 11.3 Å². The Morgan fingerprint density at radius 3 is 1.62 bits per heavy atom. The lowest BCUT2D eigenvalue weighted by molar-refractivity contribution is 1.15. The van der Waals surface area contributed by atoms with Gasteiger partial charge in [-0.1, -0.05) is 97.1 Å². The van der Waals surface area contributed by atoms with Crippen LogP contribution in [0, 0.1) is 0 Å². The Balaban J connectivity index is 1.22. The molecule has 4 heteroatoms. The van der Waals surface area contributed by atoms with Gasteiger partial charge < -0.3 is 13.7 Å². The molecule has 262 valence electrons. The minimum Gasteiger partial charge on any atom is -0.310 e. The lowest BCUT2D eigenvalue weighted by Gasteiger charge is -2.15. The maximum atomic E-state index is 2.43. The number of hydrogen-bond donors (Lipinski definition) is 0. The van der Waals surface area contributed by atoms with Crippen molar-refractivity contribution in [2.24, 2.45) is 0 Å². The first-order valence-electron chi connectivity index (χ1n) is 19.1. The molecule has 12 rings (SSSR count). The van der Waals surface area contributed by atoms with Crippen molar-refractivity contribution in [1.29, 1.82) is 0 Å². The zero-order valence-electron chi connectivity index (χ0n) is 30.3. The summed E-state index contributed by atoms with van der Waals surface area (Å²) in [5.41, 5.74) is 10.3. The van der Waals surface area contributed by atoms with Crippen LogP contribution in [0.25, 0.3) is 103 Å². The maximum absolute atomic E-state index is 2.43. The van der Waals surface area contributed by atoms with Crippen LogP contribution in [0.5, 0.6) is 0 Å². The van der Waals surface area contributed by atoms with Gasteiger partial charge in [-0.25, -0.2) is 0 Å². The second kappa shape index (κ2) is 12.2. The molecule has 0 aliphatic rings. The van der Waals surface area contributed by atoms with Crippen molar-refractivity contribution in [2.75, 3.05) is 0 Å². The summed E-state index contributed by atoms with van der Waals surface area (Å²) in [4.78, 5) is 0. The molecule has 0 fully saturated rings. The molecule has 0 amide bonds. The Bertz CT molecular complexity index is 3590. The summed E-state index contributed by atoms with van der Waals surface area (Å²) in [5, 5.41) is 9.77. The van der Waals surface area contributed by atoms with Gasteiger partial charge >= 0.3 is 0 Å². The van der Waals surface area contributed by atoms with E-state index in [-0.39, 0.29) is 0 Å². The fourth-order valence-electron chi connectivity index (χ4n) is 8.91. The van der Waals surface area contributed by atoms with E-state index in [9.17, 15) is 0 Å². The SMILES string of the molecule is c1ccc(-n2c3ccccc3c3cc(-n4c5cccc(c5)c5cccc(c5)n(-c5cccc6ccccc56)c5ccc6sc7ccc4cc7c6c5)ccc32)cc1. The molecule has 0 saturated heterocycles. The highest BCUT2D eigenvalue weighted by atomic mass is 32.1. The van der Waals surface area contributed by atoms with Crippen LogP contribution in [0.3, 0.4) is 0 Å². The molecule has 3 nitrogen and oxygen atoms in total. The molecular weight excluding hydrogens is 699 g/mol. The topological polar surface area (TPSA) is 14.8 Å². The Morgan fingerprint density at radius 1 is 0.286 bits per heavy atom. The van der Waals surface area contributed by atoms with Crippen LogP contribution in [-0.4, -0.2) is 13.7 Å². The van der Waals surface area contributed by atoms with Crippen LogP contribution in [0.2, 0.25) is 0 Å². The molecule has 3 aromatic heterocycles. The Labute approximate surface area is 326 Å². The number of fused-ring (bicyclic) bond motifs is 11. The van der Waals surface area contributed by atoms with E-state index in [2.05, 4.69) is 214 Å². The van der Waals surface area contributed by atoms with Crippen LogP contribution < -0.4 is 0 Å². The number of aromatic nitrogens is 3. The molecule has 3 heterocycles. The number of nitrogens with zero attached hydrogens (tertiary/aromatic N) is 3. The van der Waals surface area contributed by atoms with E-state index in [1.165, 1.54) is 63.5 Å². The molecule has 0 aliphatic heterocycles. The molecule has 12 aromatic rings. The molecule has 0 aliphatic carbocycles. The van der Waals surface area contributed by atoms with E-state index < -0.39 is 0 Å². The van der Waals surface area contributed by atoms with Gasteiger partial charge in [0.25, 0.3) is 0 Å². The van der Waals surface area contributed by atoms with Crippen LogP contribution in [-0.2, 0) is 0 Å². The number of para-hydroxylation sites is 2. The monoisotopic (exact) mass is 731 g/mol. The fraction of sp³-hybridized carbons (Fsp3) is 0. The third kappa shape index (κ3) is 4.76. The first-order chi connectivity index (χ1) is 27.7. The van der Waals surface area contributed by atoms with Gasteiger partial charge in [-0.15, -0.1) is 11.3 Å². The second-order valence-electron chi connectivity index (χ2n) is 14.6. The van der Waals surface area contributed by atoms with E-state index in [0.717, 1.165) is 39.1 Å². The van der Waals surface area contributed by atoms with Crippen LogP contribution in [0.15, 0.2) is 200 Å². The number of rotatable bonds is 3. The second-order valence-corrected chi connectivity index (χ2v) is 15.7. The van der Waals surface area contributed by atoms with Gasteiger partial charge in [0.1, 0.15) is 0 Å². The largest absolute Gasteiger partial charge is 0.310 e. The summed E-state index contributed by atoms with van der Waals surface area (Å²) in [6.45, 7) is 0. The molecule has 0 N–H and O–H groups in total. The zero-order chi connectivity index (χ0) is 36.7. The standard InChI is InChI=1S/C52H33N3S/c1-2-15-37(16-3-1)55-49-21-7-6-20-44(49)45-31-40(23-26-50(45)55)53-38-17-8-13-35(29-38)36-14-9-18-39(30-36)54(48-22-10-12-34-11-4-5-19-43(34)48)42-25-28-52-47(33-42)46-32-41(53)24-27-51(46)56-52/h1-33H. The lowest BCUT2D eigenvalue weighted by Crippen LogP contribution is -1.98. The predicted molar refractivity (Wildman–Crippen MR) is 240 cm³/mol. The number of hydrogen-bond acceptors (Lipinski definition) is 1. The van der Waals surface area contributed by atoms with Crippen molar-refractivity contribution < 1.29 is 0 Å². The molecule has 0 atom stereocenters. The molecule has 0 saturated carbocycles. The summed E-state index contributed by atoms with van der Waals surface area (Å²) in [6.07, 6.45) is 0. The molecule has 56 heavy (non-hydrogen) atoms. The Morgan fingerprint density at radius 2 is 0.857 bits per heavy atom. The highest BCUT2D eigenvalue weighted by Gasteiger charge is 2.15. The van der Waals surface area contributed by atoms with Crippen molar-refractivity contribution in [3.63, 3.8) is 0 Å². The Hall–Kier alpha value is -7.14. The molecular formula is C52H33N3S.